The van der Waals surface area contributed by atoms with Crippen molar-refractivity contribution in [1.82, 2.24) is 0 Å². The monoisotopic (exact) mass is 622 g/mol. The van der Waals surface area contributed by atoms with Gasteiger partial charge in [-0.1, -0.05) is 95.3 Å². The topological polar surface area (TPSA) is 88.1 Å². The molecule has 2 aliphatic carbocycles. The van der Waals surface area contributed by atoms with Crippen molar-refractivity contribution in [1.29, 1.82) is 0 Å². The summed E-state index contributed by atoms with van der Waals surface area (Å²) in [5.74, 6) is -1.44. The molecule has 0 saturated heterocycles. The summed E-state index contributed by atoms with van der Waals surface area (Å²) >= 11 is 0. The Morgan fingerprint density at radius 3 is 1.91 bits per heavy atom. The third-order valence-corrected chi connectivity index (χ3v) is 14.7. The van der Waals surface area contributed by atoms with Gasteiger partial charge in [-0.05, 0) is 41.1 Å². The molecule has 0 heterocycles. The first-order valence-corrected chi connectivity index (χ1v) is 18.0. The highest BCUT2D eigenvalue weighted by Crippen LogP contribution is 2.54. The van der Waals surface area contributed by atoms with Gasteiger partial charge in [-0.15, -0.1) is 0 Å². The first-order valence-electron chi connectivity index (χ1n) is 16.1. The summed E-state index contributed by atoms with van der Waals surface area (Å²) in [7, 11) is -2.89. The first-order chi connectivity index (χ1) is 20.7. The molecule has 44 heavy (non-hydrogen) atoms. The van der Waals surface area contributed by atoms with Crippen molar-refractivity contribution < 1.29 is 33.0 Å². The Morgan fingerprint density at radius 2 is 1.43 bits per heavy atom. The second kappa shape index (κ2) is 13.6. The Kier molecular flexibility index (Phi) is 10.5. The lowest BCUT2D eigenvalue weighted by Crippen LogP contribution is -2.68. The van der Waals surface area contributed by atoms with E-state index in [9.17, 15) is 14.4 Å². The highest BCUT2D eigenvalue weighted by atomic mass is 28.4. The second-order valence-electron chi connectivity index (χ2n) is 14.0. The number of carbonyl (C=O) groups excluding carboxylic acids is 3. The number of hydrogen-bond donors (Lipinski definition) is 0. The summed E-state index contributed by atoms with van der Waals surface area (Å²) in [5, 5.41) is 2.17. The Morgan fingerprint density at radius 1 is 0.864 bits per heavy atom. The molecule has 4 rings (SSSR count). The summed E-state index contributed by atoms with van der Waals surface area (Å²) in [5.41, 5.74) is -0.944. The van der Waals surface area contributed by atoms with E-state index in [2.05, 4.69) is 76.2 Å². The minimum Gasteiger partial charge on any atom is -0.462 e. The zero-order valence-corrected chi connectivity index (χ0v) is 28.6. The Bertz CT molecular complexity index is 1250. The normalized spacial score (nSPS) is 28.8. The molecule has 0 amide bonds. The molecule has 0 radical (unpaired) electrons. The summed E-state index contributed by atoms with van der Waals surface area (Å²) in [6.45, 7) is 15.7. The van der Waals surface area contributed by atoms with Gasteiger partial charge in [0.25, 0.3) is 8.32 Å². The van der Waals surface area contributed by atoms with Crippen molar-refractivity contribution >= 4 is 36.6 Å². The number of rotatable bonds is 9. The van der Waals surface area contributed by atoms with Crippen molar-refractivity contribution in [2.75, 3.05) is 0 Å². The van der Waals surface area contributed by atoms with Gasteiger partial charge in [0.05, 0.1) is 0 Å². The van der Waals surface area contributed by atoms with Gasteiger partial charge in [-0.3, -0.25) is 14.4 Å². The zero-order chi connectivity index (χ0) is 32.3. The third-order valence-electron chi connectivity index (χ3n) is 9.68. The number of hydrogen-bond acceptors (Lipinski definition) is 7. The van der Waals surface area contributed by atoms with Gasteiger partial charge in [0.1, 0.15) is 17.8 Å². The van der Waals surface area contributed by atoms with E-state index in [1.807, 2.05) is 26.0 Å². The SMILES string of the molecule is CCCC(=O)O[C@@H]1C[C@@H](OC(C)=O)[C@@H]2[C@@H](C)[C@@H](O[Si](c3ccccc3)(c3ccccc3)C(C)(C)C)C[C@@H]2[C@@](C)(OC(C)=O)C1. The predicted octanol–water partition coefficient (Wildman–Crippen LogP) is 5.96. The van der Waals surface area contributed by atoms with E-state index in [0.29, 0.717) is 32.1 Å². The molecule has 7 nitrogen and oxygen atoms in total. The Labute approximate surface area is 264 Å². The Hall–Kier alpha value is -2.97. The van der Waals surface area contributed by atoms with E-state index in [1.165, 1.54) is 24.2 Å². The van der Waals surface area contributed by atoms with E-state index in [0.717, 1.165) is 0 Å². The van der Waals surface area contributed by atoms with E-state index >= 15 is 0 Å². The largest absolute Gasteiger partial charge is 0.462 e. The highest BCUT2D eigenvalue weighted by Gasteiger charge is 2.61. The highest BCUT2D eigenvalue weighted by molar-refractivity contribution is 6.99. The van der Waals surface area contributed by atoms with E-state index < -0.39 is 26.1 Å². The van der Waals surface area contributed by atoms with Crippen LogP contribution >= 0.6 is 0 Å². The van der Waals surface area contributed by atoms with Crippen LogP contribution in [0.2, 0.25) is 5.04 Å². The number of benzene rings is 2. The summed E-state index contributed by atoms with van der Waals surface area (Å²) in [4.78, 5) is 37.6. The van der Waals surface area contributed by atoms with Gasteiger partial charge in [-0.2, -0.15) is 0 Å². The van der Waals surface area contributed by atoms with Crippen LogP contribution in [0.25, 0.3) is 0 Å². The van der Waals surface area contributed by atoms with Crippen LogP contribution in [0, 0.1) is 17.8 Å². The van der Waals surface area contributed by atoms with Crippen LogP contribution in [0.4, 0.5) is 0 Å². The molecule has 0 aromatic heterocycles. The van der Waals surface area contributed by atoms with E-state index in [4.69, 9.17) is 18.6 Å². The van der Waals surface area contributed by atoms with Crippen LogP contribution in [-0.2, 0) is 33.0 Å². The maximum absolute atomic E-state index is 12.6. The quantitative estimate of drug-likeness (QED) is 0.194. The molecular weight excluding hydrogens is 572 g/mol. The van der Waals surface area contributed by atoms with E-state index in [-0.39, 0.29) is 46.8 Å². The van der Waals surface area contributed by atoms with Gasteiger partial charge < -0.3 is 18.6 Å². The van der Waals surface area contributed by atoms with Crippen molar-refractivity contribution in [3.63, 3.8) is 0 Å². The smallest absolute Gasteiger partial charge is 0.306 e. The number of carbonyl (C=O) groups is 3. The van der Waals surface area contributed by atoms with E-state index in [1.54, 1.807) is 0 Å². The molecule has 0 N–H and O–H groups in total. The molecule has 2 aromatic rings. The lowest BCUT2D eigenvalue weighted by Gasteiger charge is -2.45. The van der Waals surface area contributed by atoms with Crippen LogP contribution in [0.15, 0.2) is 60.7 Å². The molecule has 2 fully saturated rings. The fourth-order valence-corrected chi connectivity index (χ4v) is 12.8. The number of fused-ring (bicyclic) bond motifs is 1. The lowest BCUT2D eigenvalue weighted by molar-refractivity contribution is -0.170. The van der Waals surface area contributed by atoms with Crippen molar-refractivity contribution in [2.45, 2.75) is 116 Å². The minimum atomic E-state index is -2.89. The van der Waals surface area contributed by atoms with Crippen LogP contribution < -0.4 is 10.4 Å². The number of esters is 3. The lowest BCUT2D eigenvalue weighted by atomic mass is 9.77. The van der Waals surface area contributed by atoms with Crippen LogP contribution in [-0.4, -0.2) is 50.1 Å². The molecule has 7 atom stereocenters. The molecule has 2 aliphatic rings. The average Bonchev–Trinajstić information content (AvgIpc) is 3.22. The van der Waals surface area contributed by atoms with Crippen LogP contribution in [0.1, 0.15) is 87.5 Å². The summed E-state index contributed by atoms with van der Waals surface area (Å²) in [6.07, 6.45) is 1.02. The molecule has 2 aromatic carbocycles. The maximum atomic E-state index is 12.6. The molecule has 2 saturated carbocycles. The summed E-state index contributed by atoms with van der Waals surface area (Å²) in [6, 6.07) is 21.1. The fraction of sp³-hybridized carbons (Fsp3) is 0.583. The molecule has 240 valence electrons. The van der Waals surface area contributed by atoms with Crippen LogP contribution in [0.3, 0.4) is 0 Å². The predicted molar refractivity (Wildman–Crippen MR) is 173 cm³/mol. The molecular formula is C36H50O7Si. The zero-order valence-electron chi connectivity index (χ0n) is 27.6. The van der Waals surface area contributed by atoms with Gasteiger partial charge >= 0.3 is 17.9 Å². The van der Waals surface area contributed by atoms with Gasteiger partial charge in [0.15, 0.2) is 0 Å². The first kappa shape index (κ1) is 33.9. The fourth-order valence-electron chi connectivity index (χ4n) is 7.99. The minimum absolute atomic E-state index is 0.0361. The number of ether oxygens (including phenoxy) is 3. The Balaban J connectivity index is 1.81. The van der Waals surface area contributed by atoms with Crippen molar-refractivity contribution in [2.24, 2.45) is 17.8 Å². The molecule has 8 heteroatoms. The van der Waals surface area contributed by atoms with Crippen molar-refractivity contribution in [3.8, 4) is 0 Å². The van der Waals surface area contributed by atoms with Gasteiger partial charge in [0.2, 0.25) is 0 Å². The maximum Gasteiger partial charge on any atom is 0.306 e. The second-order valence-corrected chi connectivity index (χ2v) is 18.2. The molecule has 0 bridgehead atoms. The third kappa shape index (κ3) is 6.96. The van der Waals surface area contributed by atoms with Crippen molar-refractivity contribution in [3.05, 3.63) is 60.7 Å². The van der Waals surface area contributed by atoms with Crippen LogP contribution in [0.5, 0.6) is 0 Å². The standard InChI is InChI=1S/C36H50O7Si/c1-9-16-33(39)41-27-21-32(40-25(3)37)34-24(2)31(22-30(34)36(8,23-27)42-26(4)38)43-44(35(5,6)7,28-17-12-10-13-18-28)29-19-14-11-15-20-29/h10-15,17-20,24,27,30-32,34H,9,16,21-23H2,1-8H3/t24-,27+,30-,31-,32+,34+,36-/m0/s1. The molecule has 0 spiro atoms. The summed E-state index contributed by atoms with van der Waals surface area (Å²) < 4.78 is 25.7. The molecule has 0 unspecified atom stereocenters. The molecule has 0 aliphatic heterocycles. The van der Waals surface area contributed by atoms with Gasteiger partial charge in [-0.25, -0.2) is 0 Å². The van der Waals surface area contributed by atoms with Gasteiger partial charge in [0, 0.05) is 51.0 Å². The average molecular weight is 623 g/mol.